The molecule has 1 heterocycles. The van der Waals surface area contributed by atoms with Gasteiger partial charge in [0, 0.05) is 12.8 Å². The van der Waals surface area contributed by atoms with Gasteiger partial charge in [0.1, 0.15) is 11.6 Å². The molecule has 0 bridgehead atoms. The number of aromatic nitrogens is 3. The van der Waals surface area contributed by atoms with Crippen molar-refractivity contribution in [3.63, 3.8) is 0 Å². The van der Waals surface area contributed by atoms with Gasteiger partial charge in [0.05, 0.1) is 6.54 Å². The number of aromatic hydroxyl groups is 1. The van der Waals surface area contributed by atoms with Gasteiger partial charge in [0.25, 0.3) is 0 Å². The minimum absolute atomic E-state index is 0.280. The molecule has 0 unspecified atom stereocenters. The van der Waals surface area contributed by atoms with E-state index < -0.39 is 0 Å². The predicted molar refractivity (Wildman–Crippen MR) is 66.6 cm³/mol. The van der Waals surface area contributed by atoms with Crippen LogP contribution in [0, 0.1) is 0 Å². The largest absolute Gasteiger partial charge is 0.508 e. The summed E-state index contributed by atoms with van der Waals surface area (Å²) >= 11 is 1.59. The van der Waals surface area contributed by atoms with Gasteiger partial charge in [-0.3, -0.25) is 0 Å². The highest BCUT2D eigenvalue weighted by Gasteiger charge is 2.07. The first-order chi connectivity index (χ1) is 8.20. The Morgan fingerprint density at radius 1 is 1.29 bits per heavy atom. The quantitative estimate of drug-likeness (QED) is 0.799. The Balaban J connectivity index is 2.02. The SMILES string of the molecule is Cn1c(CN)nnc1SCc1ccc(O)cc1. The van der Waals surface area contributed by atoms with Crippen LogP contribution in [0.3, 0.4) is 0 Å². The molecule has 0 atom stereocenters. The number of phenols is 1. The number of nitrogens with two attached hydrogens (primary N) is 1. The Morgan fingerprint density at radius 3 is 2.59 bits per heavy atom. The summed E-state index contributed by atoms with van der Waals surface area (Å²) in [7, 11) is 1.90. The molecular formula is C11H14N4OS. The van der Waals surface area contributed by atoms with Gasteiger partial charge in [0.2, 0.25) is 0 Å². The van der Waals surface area contributed by atoms with Gasteiger partial charge in [-0.05, 0) is 17.7 Å². The standard InChI is InChI=1S/C11H14N4OS/c1-15-10(6-12)13-14-11(15)17-7-8-2-4-9(16)5-3-8/h2-5,16H,6-7,12H2,1H3. The molecule has 0 amide bonds. The molecule has 0 aliphatic rings. The molecule has 0 aliphatic carbocycles. The van der Waals surface area contributed by atoms with Crippen LogP contribution in [0.25, 0.3) is 0 Å². The number of thioether (sulfide) groups is 1. The van der Waals surface area contributed by atoms with E-state index in [0.29, 0.717) is 6.54 Å². The molecule has 0 fully saturated rings. The highest BCUT2D eigenvalue weighted by Crippen LogP contribution is 2.22. The summed E-state index contributed by atoms with van der Waals surface area (Å²) in [5.74, 6) is 1.85. The zero-order valence-corrected chi connectivity index (χ0v) is 10.3. The number of phenolic OH excluding ortho intramolecular Hbond substituents is 1. The normalized spacial score (nSPS) is 10.7. The first-order valence-corrected chi connectivity index (χ1v) is 6.18. The minimum Gasteiger partial charge on any atom is -0.508 e. The van der Waals surface area contributed by atoms with Crippen molar-refractivity contribution in [1.29, 1.82) is 0 Å². The molecule has 0 aliphatic heterocycles. The molecule has 6 heteroatoms. The summed E-state index contributed by atoms with van der Waals surface area (Å²) in [5.41, 5.74) is 6.66. The first-order valence-electron chi connectivity index (χ1n) is 5.19. The van der Waals surface area contributed by atoms with Gasteiger partial charge in [-0.15, -0.1) is 10.2 Å². The van der Waals surface area contributed by atoms with Crippen LogP contribution in [0.5, 0.6) is 5.75 Å². The number of nitrogens with zero attached hydrogens (tertiary/aromatic N) is 3. The fourth-order valence-corrected chi connectivity index (χ4v) is 2.27. The summed E-state index contributed by atoms with van der Waals surface area (Å²) in [6.45, 7) is 0.392. The molecule has 1 aromatic carbocycles. The van der Waals surface area contributed by atoms with Crippen LogP contribution in [0.4, 0.5) is 0 Å². The molecule has 2 rings (SSSR count). The smallest absolute Gasteiger partial charge is 0.191 e. The average molecular weight is 250 g/mol. The van der Waals surface area contributed by atoms with E-state index in [4.69, 9.17) is 5.73 Å². The van der Waals surface area contributed by atoms with E-state index in [2.05, 4.69) is 10.2 Å². The second-order valence-corrected chi connectivity index (χ2v) is 4.56. The lowest BCUT2D eigenvalue weighted by Gasteiger charge is -2.02. The van der Waals surface area contributed by atoms with Gasteiger partial charge in [-0.25, -0.2) is 0 Å². The summed E-state index contributed by atoms with van der Waals surface area (Å²) < 4.78 is 1.89. The minimum atomic E-state index is 0.280. The number of benzene rings is 1. The topological polar surface area (TPSA) is 77.0 Å². The van der Waals surface area contributed by atoms with Crippen molar-refractivity contribution in [2.45, 2.75) is 17.5 Å². The van der Waals surface area contributed by atoms with Gasteiger partial charge in [-0.2, -0.15) is 0 Å². The molecule has 1 aromatic heterocycles. The zero-order chi connectivity index (χ0) is 12.3. The Labute approximate surface area is 104 Å². The second-order valence-electron chi connectivity index (χ2n) is 3.62. The third-order valence-electron chi connectivity index (χ3n) is 2.41. The zero-order valence-electron chi connectivity index (χ0n) is 9.50. The van der Waals surface area contributed by atoms with Crippen molar-refractivity contribution in [3.05, 3.63) is 35.7 Å². The average Bonchev–Trinajstić information content (AvgIpc) is 2.69. The second kappa shape index (κ2) is 5.20. The van der Waals surface area contributed by atoms with Gasteiger partial charge in [-0.1, -0.05) is 23.9 Å². The van der Waals surface area contributed by atoms with Crippen LogP contribution >= 0.6 is 11.8 Å². The summed E-state index contributed by atoms with van der Waals surface area (Å²) in [6, 6.07) is 7.14. The summed E-state index contributed by atoms with van der Waals surface area (Å²) in [5, 5.41) is 18.1. The molecule has 5 nitrogen and oxygen atoms in total. The molecule has 0 saturated carbocycles. The van der Waals surface area contributed by atoms with Gasteiger partial charge < -0.3 is 15.4 Å². The molecule has 0 radical (unpaired) electrons. The summed E-state index contributed by atoms with van der Waals surface area (Å²) in [6.07, 6.45) is 0. The van der Waals surface area contributed by atoms with Crippen LogP contribution in [-0.4, -0.2) is 19.9 Å². The van der Waals surface area contributed by atoms with Crippen LogP contribution in [0.1, 0.15) is 11.4 Å². The van der Waals surface area contributed by atoms with Crippen LogP contribution in [-0.2, 0) is 19.3 Å². The van der Waals surface area contributed by atoms with E-state index in [1.54, 1.807) is 23.9 Å². The van der Waals surface area contributed by atoms with Crippen molar-refractivity contribution < 1.29 is 5.11 Å². The summed E-state index contributed by atoms with van der Waals surface area (Å²) in [4.78, 5) is 0. The molecule has 3 N–H and O–H groups in total. The van der Waals surface area contributed by atoms with Gasteiger partial charge in [0.15, 0.2) is 5.16 Å². The maximum Gasteiger partial charge on any atom is 0.191 e. The Hall–Kier alpha value is -1.53. The molecule has 0 saturated heterocycles. The first kappa shape index (κ1) is 11.9. The highest BCUT2D eigenvalue weighted by atomic mass is 32.2. The number of rotatable bonds is 4. The van der Waals surface area contributed by atoms with Crippen LogP contribution in [0.2, 0.25) is 0 Å². The van der Waals surface area contributed by atoms with Crippen LogP contribution < -0.4 is 5.73 Å². The molecule has 90 valence electrons. The molecule has 2 aromatic rings. The predicted octanol–water partition coefficient (Wildman–Crippen LogP) is 1.27. The van der Waals surface area contributed by atoms with E-state index in [9.17, 15) is 5.11 Å². The van der Waals surface area contributed by atoms with E-state index >= 15 is 0 Å². The Morgan fingerprint density at radius 2 is 2.00 bits per heavy atom. The third-order valence-corrected chi connectivity index (χ3v) is 3.50. The Bertz CT molecular complexity index is 495. The maximum atomic E-state index is 9.17. The fourth-order valence-electron chi connectivity index (χ4n) is 1.39. The molecule has 17 heavy (non-hydrogen) atoms. The third kappa shape index (κ3) is 2.78. The van der Waals surface area contributed by atoms with Crippen molar-refractivity contribution in [3.8, 4) is 5.75 Å². The van der Waals surface area contributed by atoms with E-state index in [1.807, 2.05) is 23.7 Å². The molecule has 0 spiro atoms. The van der Waals surface area contributed by atoms with E-state index in [-0.39, 0.29) is 5.75 Å². The van der Waals surface area contributed by atoms with Gasteiger partial charge >= 0.3 is 0 Å². The van der Waals surface area contributed by atoms with Crippen molar-refractivity contribution >= 4 is 11.8 Å². The lowest BCUT2D eigenvalue weighted by molar-refractivity contribution is 0.475. The fraction of sp³-hybridized carbons (Fsp3) is 0.273. The lowest BCUT2D eigenvalue weighted by Crippen LogP contribution is -2.05. The lowest BCUT2D eigenvalue weighted by atomic mass is 10.2. The van der Waals surface area contributed by atoms with Crippen molar-refractivity contribution in [1.82, 2.24) is 14.8 Å². The monoisotopic (exact) mass is 250 g/mol. The van der Waals surface area contributed by atoms with Crippen LogP contribution in [0.15, 0.2) is 29.4 Å². The molecular weight excluding hydrogens is 236 g/mol. The van der Waals surface area contributed by atoms with E-state index in [0.717, 1.165) is 22.3 Å². The van der Waals surface area contributed by atoms with E-state index in [1.165, 1.54) is 0 Å². The van der Waals surface area contributed by atoms with Crippen molar-refractivity contribution in [2.75, 3.05) is 0 Å². The highest BCUT2D eigenvalue weighted by molar-refractivity contribution is 7.98. The Kier molecular flexibility index (Phi) is 3.65. The number of hydrogen-bond donors (Lipinski definition) is 2. The number of hydrogen-bond acceptors (Lipinski definition) is 5. The maximum absolute atomic E-state index is 9.17. The van der Waals surface area contributed by atoms with Crippen molar-refractivity contribution in [2.24, 2.45) is 12.8 Å².